The van der Waals surface area contributed by atoms with Gasteiger partial charge in [-0.05, 0) is 32.6 Å². The lowest BCUT2D eigenvalue weighted by Crippen LogP contribution is -2.38. The van der Waals surface area contributed by atoms with Crippen molar-refractivity contribution in [3.8, 4) is 0 Å². The Morgan fingerprint density at radius 2 is 2.21 bits per heavy atom. The van der Waals surface area contributed by atoms with Crippen LogP contribution in [0.15, 0.2) is 16.3 Å². The zero-order valence-corrected chi connectivity index (χ0v) is 13.2. The summed E-state index contributed by atoms with van der Waals surface area (Å²) in [7, 11) is 0.263. The summed E-state index contributed by atoms with van der Waals surface area (Å²) in [5.74, 6) is 0. The largest absolute Gasteiger partial charge is 0.395 e. The molecule has 1 N–H and O–H groups in total. The number of aliphatic hydroxyl groups is 1. The van der Waals surface area contributed by atoms with E-state index < -0.39 is 10.0 Å². The Morgan fingerprint density at radius 3 is 2.68 bits per heavy atom. The predicted octanol–water partition coefficient (Wildman–Crippen LogP) is 1.09. The average Bonchev–Trinajstić information content (AvgIpc) is 2.94. The number of sulfonamides is 1. The quantitative estimate of drug-likeness (QED) is 0.900. The van der Waals surface area contributed by atoms with Gasteiger partial charge in [0.1, 0.15) is 4.21 Å². The molecule has 8 heteroatoms. The Morgan fingerprint density at radius 1 is 1.53 bits per heavy atom. The minimum Gasteiger partial charge on any atom is -0.395 e. The predicted molar refractivity (Wildman–Crippen MR) is 76.2 cm³/mol. The molecular weight excluding hydrogens is 308 g/mol. The highest BCUT2D eigenvalue weighted by atomic mass is 35.5. The Bertz CT molecular complexity index is 544. The molecule has 0 bridgehead atoms. The molecule has 0 saturated carbocycles. The van der Waals surface area contributed by atoms with Crippen molar-refractivity contribution >= 4 is 33.0 Å². The fraction of sp³-hybridized carbons (Fsp3) is 0.636. The molecule has 2 atom stereocenters. The number of nitrogens with zero attached hydrogens (tertiary/aromatic N) is 2. The van der Waals surface area contributed by atoms with Crippen LogP contribution in [0.3, 0.4) is 0 Å². The minimum absolute atomic E-state index is 0.127. The molecule has 1 aliphatic rings. The highest BCUT2D eigenvalue weighted by Crippen LogP contribution is 2.32. The van der Waals surface area contributed by atoms with Gasteiger partial charge in [-0.3, -0.25) is 0 Å². The highest BCUT2D eigenvalue weighted by molar-refractivity contribution is 7.91. The van der Waals surface area contributed by atoms with Crippen molar-refractivity contribution in [3.63, 3.8) is 0 Å². The minimum atomic E-state index is -3.56. The van der Waals surface area contributed by atoms with Crippen molar-refractivity contribution < 1.29 is 13.5 Å². The fourth-order valence-corrected chi connectivity index (χ4v) is 5.53. The van der Waals surface area contributed by atoms with Gasteiger partial charge in [0.05, 0.1) is 10.9 Å². The van der Waals surface area contributed by atoms with Crippen LogP contribution in [-0.2, 0) is 10.0 Å². The molecule has 1 fully saturated rings. The average molecular weight is 325 g/mol. The SMILES string of the molecule is CN(C)[C@@H]1C[C@@H](CO)N(S(=O)(=O)c2ccc(Cl)s2)C1. The van der Waals surface area contributed by atoms with Crippen LogP contribution in [0.1, 0.15) is 6.42 Å². The van der Waals surface area contributed by atoms with E-state index >= 15 is 0 Å². The lowest BCUT2D eigenvalue weighted by molar-refractivity contribution is 0.213. The third-order valence-corrected chi connectivity index (χ3v) is 7.01. The van der Waals surface area contributed by atoms with Crippen LogP contribution in [0.25, 0.3) is 0 Å². The van der Waals surface area contributed by atoms with Crippen LogP contribution < -0.4 is 0 Å². The summed E-state index contributed by atoms with van der Waals surface area (Å²) in [5.41, 5.74) is 0. The molecule has 1 aromatic rings. The van der Waals surface area contributed by atoms with Crippen LogP contribution in [0.4, 0.5) is 0 Å². The van der Waals surface area contributed by atoms with Crippen LogP contribution in [0.2, 0.25) is 4.34 Å². The van der Waals surface area contributed by atoms with E-state index in [1.807, 2.05) is 19.0 Å². The molecule has 19 heavy (non-hydrogen) atoms. The second-order valence-corrected chi connectivity index (χ2v) is 8.66. The molecule has 1 saturated heterocycles. The molecule has 108 valence electrons. The maximum absolute atomic E-state index is 12.5. The van der Waals surface area contributed by atoms with Crippen molar-refractivity contribution in [1.29, 1.82) is 0 Å². The number of thiophene rings is 1. The molecule has 0 amide bonds. The van der Waals surface area contributed by atoms with Crippen LogP contribution in [0.5, 0.6) is 0 Å². The van der Waals surface area contributed by atoms with Crippen molar-refractivity contribution in [3.05, 3.63) is 16.5 Å². The van der Waals surface area contributed by atoms with Gasteiger partial charge in [0.15, 0.2) is 0 Å². The van der Waals surface area contributed by atoms with E-state index in [-0.39, 0.29) is 22.9 Å². The van der Waals surface area contributed by atoms with Crippen molar-refractivity contribution in [2.45, 2.75) is 22.7 Å². The topological polar surface area (TPSA) is 60.9 Å². The van der Waals surface area contributed by atoms with Crippen LogP contribution in [-0.4, -0.2) is 62.1 Å². The monoisotopic (exact) mass is 324 g/mol. The van der Waals surface area contributed by atoms with E-state index in [1.165, 1.54) is 10.4 Å². The fourth-order valence-electron chi connectivity index (χ4n) is 2.25. The van der Waals surface area contributed by atoms with Gasteiger partial charge in [-0.1, -0.05) is 11.6 Å². The molecule has 2 heterocycles. The smallest absolute Gasteiger partial charge is 0.252 e. The summed E-state index contributed by atoms with van der Waals surface area (Å²) in [4.78, 5) is 1.99. The molecular formula is C11H17ClN2O3S2. The van der Waals surface area contributed by atoms with Crippen LogP contribution >= 0.6 is 22.9 Å². The van der Waals surface area contributed by atoms with Gasteiger partial charge < -0.3 is 10.0 Å². The number of rotatable bonds is 4. The van der Waals surface area contributed by atoms with Crippen molar-refractivity contribution in [1.82, 2.24) is 9.21 Å². The zero-order valence-electron chi connectivity index (χ0n) is 10.8. The first-order valence-electron chi connectivity index (χ1n) is 5.90. The lowest BCUT2D eigenvalue weighted by atomic mass is 10.2. The highest BCUT2D eigenvalue weighted by Gasteiger charge is 2.41. The Labute approximate surface area is 122 Å². The Balaban J connectivity index is 2.29. The zero-order chi connectivity index (χ0) is 14.2. The molecule has 1 aromatic heterocycles. The molecule has 0 aliphatic carbocycles. The third kappa shape index (κ3) is 2.96. The van der Waals surface area contributed by atoms with Gasteiger partial charge in [0, 0.05) is 18.6 Å². The van der Waals surface area contributed by atoms with E-state index in [2.05, 4.69) is 0 Å². The van der Waals surface area contributed by atoms with Gasteiger partial charge in [-0.25, -0.2) is 8.42 Å². The third-order valence-electron chi connectivity index (χ3n) is 3.39. The Kier molecular flexibility index (Phi) is 4.54. The van der Waals surface area contributed by atoms with Gasteiger partial charge in [-0.15, -0.1) is 11.3 Å². The van der Waals surface area contributed by atoms with E-state index in [4.69, 9.17) is 11.6 Å². The second-order valence-electron chi connectivity index (χ2n) is 4.82. The molecule has 0 unspecified atom stereocenters. The molecule has 0 radical (unpaired) electrons. The molecule has 1 aliphatic heterocycles. The van der Waals surface area contributed by atoms with E-state index in [1.54, 1.807) is 6.07 Å². The van der Waals surface area contributed by atoms with Crippen molar-refractivity contribution in [2.75, 3.05) is 27.2 Å². The van der Waals surface area contributed by atoms with E-state index in [0.29, 0.717) is 17.3 Å². The van der Waals surface area contributed by atoms with Crippen molar-refractivity contribution in [2.24, 2.45) is 0 Å². The summed E-state index contributed by atoms with van der Waals surface area (Å²) < 4.78 is 27.1. The first kappa shape index (κ1) is 15.2. The number of likely N-dealkylation sites (N-methyl/N-ethyl adjacent to an activating group) is 1. The summed E-state index contributed by atoms with van der Waals surface area (Å²) in [6.45, 7) is 0.235. The summed E-state index contributed by atoms with van der Waals surface area (Å²) in [5, 5.41) is 9.40. The van der Waals surface area contributed by atoms with E-state index in [9.17, 15) is 13.5 Å². The molecule has 0 aromatic carbocycles. The summed E-state index contributed by atoms with van der Waals surface area (Å²) in [6.07, 6.45) is 0.641. The summed E-state index contributed by atoms with van der Waals surface area (Å²) in [6, 6.07) is 2.85. The van der Waals surface area contributed by atoms with Crippen LogP contribution in [0, 0.1) is 0 Å². The standard InChI is InChI=1S/C11H17ClN2O3S2/c1-13(2)8-5-9(7-15)14(6-8)19(16,17)11-4-3-10(12)18-11/h3-4,8-9,15H,5-7H2,1-2H3/t8-,9+/m1/s1. The number of hydrogen-bond donors (Lipinski definition) is 1. The Hall–Kier alpha value is -0.180. The second kappa shape index (κ2) is 5.67. The molecule has 2 rings (SSSR count). The maximum atomic E-state index is 12.5. The first-order valence-corrected chi connectivity index (χ1v) is 8.54. The van der Waals surface area contributed by atoms with E-state index in [0.717, 1.165) is 11.3 Å². The molecule has 0 spiro atoms. The first-order chi connectivity index (χ1) is 8.86. The number of halogens is 1. The lowest BCUT2D eigenvalue weighted by Gasteiger charge is -2.21. The normalized spacial score (nSPS) is 25.3. The van der Waals surface area contributed by atoms with Gasteiger partial charge in [0.25, 0.3) is 10.0 Å². The number of aliphatic hydroxyl groups excluding tert-OH is 1. The molecule has 5 nitrogen and oxygen atoms in total. The van der Waals surface area contributed by atoms with Gasteiger partial charge in [-0.2, -0.15) is 4.31 Å². The number of hydrogen-bond acceptors (Lipinski definition) is 5. The maximum Gasteiger partial charge on any atom is 0.252 e. The van der Waals surface area contributed by atoms with Gasteiger partial charge in [0.2, 0.25) is 0 Å². The van der Waals surface area contributed by atoms with Gasteiger partial charge >= 0.3 is 0 Å². The summed E-state index contributed by atoms with van der Waals surface area (Å²) >= 11 is 6.84.